The molecule has 1 nitrogen and oxygen atoms in total. The van der Waals surface area contributed by atoms with Crippen molar-refractivity contribution in [2.45, 2.75) is 38.6 Å². The van der Waals surface area contributed by atoms with Crippen LogP contribution in [0.1, 0.15) is 41.0 Å². The molecule has 1 heterocycles. The molecule has 20 heavy (non-hydrogen) atoms. The quantitative estimate of drug-likeness (QED) is 0.809. The van der Waals surface area contributed by atoms with Crippen molar-refractivity contribution >= 4 is 27.3 Å². The highest BCUT2D eigenvalue weighted by atomic mass is 79.9. The van der Waals surface area contributed by atoms with Crippen LogP contribution in [0.3, 0.4) is 0 Å². The van der Waals surface area contributed by atoms with Gasteiger partial charge < -0.3 is 5.32 Å². The molecule has 1 atom stereocenters. The minimum atomic E-state index is 0.427. The van der Waals surface area contributed by atoms with Crippen LogP contribution < -0.4 is 5.32 Å². The Bertz CT molecular complexity index is 590. The SMILES string of the molecule is CCNC(Cc1ccc(Br)s1)c1ccc2c(c1)CCC2. The number of nitrogens with one attached hydrogen (secondary N) is 1. The molecule has 0 fully saturated rings. The Morgan fingerprint density at radius 1 is 1.20 bits per heavy atom. The van der Waals surface area contributed by atoms with Gasteiger partial charge in [0.1, 0.15) is 0 Å². The second-order valence-electron chi connectivity index (χ2n) is 5.40. The number of aryl methyl sites for hydroxylation is 2. The number of rotatable bonds is 5. The Morgan fingerprint density at radius 2 is 2.05 bits per heavy atom. The van der Waals surface area contributed by atoms with E-state index in [1.807, 2.05) is 11.3 Å². The first-order valence-electron chi connectivity index (χ1n) is 7.35. The van der Waals surface area contributed by atoms with Crippen LogP contribution in [0.25, 0.3) is 0 Å². The van der Waals surface area contributed by atoms with Gasteiger partial charge in [-0.1, -0.05) is 25.1 Å². The molecular weight excluding hydrogens is 330 g/mol. The van der Waals surface area contributed by atoms with Crippen molar-refractivity contribution in [2.24, 2.45) is 0 Å². The first-order valence-corrected chi connectivity index (χ1v) is 8.96. The first-order chi connectivity index (χ1) is 9.76. The monoisotopic (exact) mass is 349 g/mol. The van der Waals surface area contributed by atoms with Gasteiger partial charge in [0, 0.05) is 17.3 Å². The van der Waals surface area contributed by atoms with Gasteiger partial charge in [0.2, 0.25) is 0 Å². The molecule has 3 heteroatoms. The zero-order valence-corrected chi connectivity index (χ0v) is 14.2. The fraction of sp³-hybridized carbons (Fsp3) is 0.412. The van der Waals surface area contributed by atoms with Gasteiger partial charge in [-0.05, 0) is 70.6 Å². The van der Waals surface area contributed by atoms with Gasteiger partial charge in [-0.15, -0.1) is 11.3 Å². The number of benzene rings is 1. The second-order valence-corrected chi connectivity index (χ2v) is 7.95. The summed E-state index contributed by atoms with van der Waals surface area (Å²) in [7, 11) is 0. The lowest BCUT2D eigenvalue weighted by molar-refractivity contribution is 0.553. The minimum Gasteiger partial charge on any atom is -0.310 e. The van der Waals surface area contributed by atoms with Gasteiger partial charge in [-0.25, -0.2) is 0 Å². The van der Waals surface area contributed by atoms with Crippen LogP contribution in [0.2, 0.25) is 0 Å². The van der Waals surface area contributed by atoms with Gasteiger partial charge in [0.15, 0.2) is 0 Å². The maximum absolute atomic E-state index is 3.64. The highest BCUT2D eigenvalue weighted by molar-refractivity contribution is 9.11. The molecule has 0 aliphatic heterocycles. The minimum absolute atomic E-state index is 0.427. The molecule has 1 aliphatic carbocycles. The summed E-state index contributed by atoms with van der Waals surface area (Å²) in [5.74, 6) is 0. The third kappa shape index (κ3) is 3.16. The van der Waals surface area contributed by atoms with Crippen LogP contribution in [-0.2, 0) is 19.3 Å². The maximum atomic E-state index is 3.64. The predicted octanol–water partition coefficient (Wildman–Crippen LogP) is 4.89. The van der Waals surface area contributed by atoms with Crippen molar-refractivity contribution in [1.29, 1.82) is 0 Å². The highest BCUT2D eigenvalue weighted by Crippen LogP contribution is 2.29. The summed E-state index contributed by atoms with van der Waals surface area (Å²) in [5, 5.41) is 3.64. The molecule has 1 N–H and O–H groups in total. The lowest BCUT2D eigenvalue weighted by Gasteiger charge is -2.18. The fourth-order valence-corrected chi connectivity index (χ4v) is 4.55. The van der Waals surface area contributed by atoms with Crippen LogP contribution >= 0.6 is 27.3 Å². The van der Waals surface area contributed by atoms with E-state index < -0.39 is 0 Å². The Morgan fingerprint density at radius 3 is 2.80 bits per heavy atom. The summed E-state index contributed by atoms with van der Waals surface area (Å²) in [6.07, 6.45) is 4.91. The van der Waals surface area contributed by atoms with Crippen molar-refractivity contribution in [2.75, 3.05) is 6.54 Å². The maximum Gasteiger partial charge on any atom is 0.0701 e. The van der Waals surface area contributed by atoms with Crippen molar-refractivity contribution < 1.29 is 0 Å². The Balaban J connectivity index is 1.82. The van der Waals surface area contributed by atoms with E-state index in [0.29, 0.717) is 6.04 Å². The smallest absolute Gasteiger partial charge is 0.0701 e. The average molecular weight is 350 g/mol. The molecule has 3 rings (SSSR count). The van der Waals surface area contributed by atoms with Crippen molar-refractivity contribution in [3.63, 3.8) is 0 Å². The molecule has 1 aromatic carbocycles. The average Bonchev–Trinajstić information content (AvgIpc) is 3.06. The Labute approximate surface area is 133 Å². The summed E-state index contributed by atoms with van der Waals surface area (Å²) in [6, 6.07) is 11.9. The fourth-order valence-electron chi connectivity index (χ4n) is 3.03. The normalized spacial score (nSPS) is 15.3. The summed E-state index contributed by atoms with van der Waals surface area (Å²) in [6.45, 7) is 3.19. The molecule has 0 bridgehead atoms. The van der Waals surface area contributed by atoms with E-state index in [-0.39, 0.29) is 0 Å². The van der Waals surface area contributed by atoms with Crippen LogP contribution in [0.4, 0.5) is 0 Å². The lowest BCUT2D eigenvalue weighted by atomic mass is 9.98. The van der Waals surface area contributed by atoms with Gasteiger partial charge in [0.25, 0.3) is 0 Å². The standard InChI is InChI=1S/C17H20BrNS/c1-2-19-16(11-15-8-9-17(18)20-15)14-7-6-12-4-3-5-13(12)10-14/h6-10,16,19H,2-5,11H2,1H3. The molecule has 106 valence electrons. The van der Waals surface area contributed by atoms with Gasteiger partial charge in [-0.3, -0.25) is 0 Å². The predicted molar refractivity (Wildman–Crippen MR) is 90.6 cm³/mol. The van der Waals surface area contributed by atoms with Gasteiger partial charge in [0.05, 0.1) is 3.79 Å². The number of likely N-dealkylation sites (N-methyl/N-ethyl adjacent to an activating group) is 1. The van der Waals surface area contributed by atoms with E-state index in [4.69, 9.17) is 0 Å². The number of hydrogen-bond donors (Lipinski definition) is 1. The lowest BCUT2D eigenvalue weighted by Crippen LogP contribution is -2.22. The molecule has 0 saturated carbocycles. The molecule has 2 aromatic rings. The van der Waals surface area contributed by atoms with E-state index in [2.05, 4.69) is 58.5 Å². The summed E-state index contributed by atoms with van der Waals surface area (Å²) < 4.78 is 1.22. The van der Waals surface area contributed by atoms with Crippen molar-refractivity contribution in [1.82, 2.24) is 5.32 Å². The molecule has 0 radical (unpaired) electrons. The van der Waals surface area contributed by atoms with Crippen molar-refractivity contribution in [3.05, 3.63) is 55.7 Å². The largest absolute Gasteiger partial charge is 0.310 e. The molecular formula is C17H20BrNS. The van der Waals surface area contributed by atoms with Crippen LogP contribution in [0.5, 0.6) is 0 Å². The number of hydrogen-bond acceptors (Lipinski definition) is 2. The molecule has 1 aliphatic rings. The zero-order valence-electron chi connectivity index (χ0n) is 11.8. The first kappa shape index (κ1) is 14.3. The molecule has 1 unspecified atom stereocenters. The van der Waals surface area contributed by atoms with E-state index >= 15 is 0 Å². The van der Waals surface area contributed by atoms with Gasteiger partial charge >= 0.3 is 0 Å². The number of thiophene rings is 1. The second kappa shape index (κ2) is 6.42. The molecule has 0 saturated heterocycles. The number of fused-ring (bicyclic) bond motifs is 1. The van der Waals surface area contributed by atoms with Crippen LogP contribution in [0.15, 0.2) is 34.1 Å². The van der Waals surface area contributed by atoms with Crippen LogP contribution in [-0.4, -0.2) is 6.54 Å². The third-order valence-corrected chi connectivity index (χ3v) is 5.66. The van der Waals surface area contributed by atoms with E-state index in [1.54, 1.807) is 11.1 Å². The topological polar surface area (TPSA) is 12.0 Å². The number of halogens is 1. The molecule has 1 aromatic heterocycles. The summed E-state index contributed by atoms with van der Waals surface area (Å²) in [4.78, 5) is 1.43. The Hall–Kier alpha value is -0.640. The zero-order chi connectivity index (χ0) is 13.9. The highest BCUT2D eigenvalue weighted by Gasteiger charge is 2.16. The van der Waals surface area contributed by atoms with Gasteiger partial charge in [-0.2, -0.15) is 0 Å². The third-order valence-electron chi connectivity index (χ3n) is 4.01. The Kier molecular flexibility index (Phi) is 4.59. The van der Waals surface area contributed by atoms with E-state index in [9.17, 15) is 0 Å². The summed E-state index contributed by atoms with van der Waals surface area (Å²) in [5.41, 5.74) is 4.57. The molecule has 0 amide bonds. The van der Waals surface area contributed by atoms with E-state index in [1.165, 1.54) is 33.5 Å². The summed E-state index contributed by atoms with van der Waals surface area (Å²) >= 11 is 5.39. The molecule has 0 spiro atoms. The van der Waals surface area contributed by atoms with E-state index in [0.717, 1.165) is 13.0 Å². The van der Waals surface area contributed by atoms with Crippen LogP contribution in [0, 0.1) is 0 Å². The van der Waals surface area contributed by atoms with Crippen molar-refractivity contribution in [3.8, 4) is 0 Å².